The molecule has 2 unspecified atom stereocenters. The van der Waals surface area contributed by atoms with E-state index in [9.17, 15) is 18.3 Å². The Bertz CT molecular complexity index is 609. The molecule has 7 nitrogen and oxygen atoms in total. The van der Waals surface area contributed by atoms with Crippen molar-refractivity contribution in [2.75, 3.05) is 0 Å². The molecule has 1 fully saturated rings. The average Bonchev–Trinajstić information content (AvgIpc) is 2.86. The smallest absolute Gasteiger partial charge is 0.310 e. The van der Waals surface area contributed by atoms with Gasteiger partial charge in [-0.1, -0.05) is 11.6 Å². The highest BCUT2D eigenvalue weighted by Crippen LogP contribution is 2.38. The van der Waals surface area contributed by atoms with Crippen molar-refractivity contribution in [2.24, 2.45) is 5.41 Å². The molecule has 2 atom stereocenters. The molecule has 0 aliphatic heterocycles. The molecule has 0 amide bonds. The molecular weight excluding hydrogens is 284 g/mol. The Balaban J connectivity index is 2.10. The van der Waals surface area contributed by atoms with E-state index in [2.05, 4.69) is 9.88 Å². The zero-order valence-corrected chi connectivity index (χ0v) is 12.2. The first kappa shape index (κ1) is 15.0. The molecule has 1 saturated carbocycles. The number of carboxylic acids is 1. The Kier molecular flexibility index (Phi) is 3.88. The van der Waals surface area contributed by atoms with Crippen LogP contribution in [-0.2, 0) is 20.6 Å². The van der Waals surface area contributed by atoms with E-state index in [-0.39, 0.29) is 5.75 Å². The van der Waals surface area contributed by atoms with Crippen LogP contribution >= 0.6 is 0 Å². The second-order valence-corrected chi connectivity index (χ2v) is 7.23. The molecule has 1 aliphatic carbocycles. The van der Waals surface area contributed by atoms with Crippen molar-refractivity contribution in [1.82, 2.24) is 9.88 Å². The highest BCUT2D eigenvalue weighted by atomic mass is 32.2. The number of sulfonamides is 1. The van der Waals surface area contributed by atoms with Gasteiger partial charge in [0.15, 0.2) is 0 Å². The zero-order valence-electron chi connectivity index (χ0n) is 11.4. The fourth-order valence-corrected chi connectivity index (χ4v) is 3.97. The highest BCUT2D eigenvalue weighted by Gasteiger charge is 2.46. The number of nitrogens with one attached hydrogen (secondary N) is 1. The lowest BCUT2D eigenvalue weighted by Crippen LogP contribution is -2.47. The zero-order chi connectivity index (χ0) is 15.0. The monoisotopic (exact) mass is 302 g/mol. The Labute approximate surface area is 117 Å². The van der Waals surface area contributed by atoms with Gasteiger partial charge in [-0.05, 0) is 26.7 Å². The summed E-state index contributed by atoms with van der Waals surface area (Å²) in [5.41, 5.74) is -0.739. The first-order chi connectivity index (χ1) is 9.23. The largest absolute Gasteiger partial charge is 0.481 e. The standard InChI is InChI=1S/C12H18N2O5S/c1-8-6-9(13-19-8)7-20(17,18)14-10-4-3-5-12(10,2)11(15)16/h6,10,14H,3-5,7H2,1-2H3,(H,15,16). The molecule has 0 radical (unpaired) electrons. The summed E-state index contributed by atoms with van der Waals surface area (Å²) in [7, 11) is -3.65. The van der Waals surface area contributed by atoms with E-state index in [0.717, 1.165) is 0 Å². The summed E-state index contributed by atoms with van der Waals surface area (Å²) >= 11 is 0. The van der Waals surface area contributed by atoms with E-state index in [4.69, 9.17) is 4.52 Å². The number of aliphatic carboxylic acids is 1. The van der Waals surface area contributed by atoms with Crippen molar-refractivity contribution in [2.45, 2.75) is 44.9 Å². The Morgan fingerprint density at radius 1 is 1.65 bits per heavy atom. The number of rotatable bonds is 5. The minimum Gasteiger partial charge on any atom is -0.481 e. The van der Waals surface area contributed by atoms with Crippen LogP contribution in [0.5, 0.6) is 0 Å². The average molecular weight is 302 g/mol. The van der Waals surface area contributed by atoms with Gasteiger partial charge >= 0.3 is 5.97 Å². The van der Waals surface area contributed by atoms with Crippen molar-refractivity contribution in [3.63, 3.8) is 0 Å². The summed E-state index contributed by atoms with van der Waals surface area (Å²) in [5.74, 6) is -0.747. The number of hydrogen-bond acceptors (Lipinski definition) is 5. The lowest BCUT2D eigenvalue weighted by atomic mass is 9.85. The SMILES string of the molecule is Cc1cc(CS(=O)(=O)NC2CCCC2(C)C(=O)O)no1. The van der Waals surface area contributed by atoms with Gasteiger partial charge in [-0.2, -0.15) is 0 Å². The number of carboxylic acid groups (broad SMARTS) is 1. The van der Waals surface area contributed by atoms with Crippen LogP contribution in [-0.4, -0.2) is 30.7 Å². The Morgan fingerprint density at radius 3 is 2.90 bits per heavy atom. The van der Waals surface area contributed by atoms with Crippen molar-refractivity contribution in [3.8, 4) is 0 Å². The normalized spacial score (nSPS) is 26.8. The molecular formula is C12H18N2O5S. The third-order valence-corrected chi connectivity index (χ3v) is 5.10. The second kappa shape index (κ2) is 5.17. The van der Waals surface area contributed by atoms with Gasteiger partial charge in [-0.3, -0.25) is 4.79 Å². The lowest BCUT2D eigenvalue weighted by Gasteiger charge is -2.27. The molecule has 20 heavy (non-hydrogen) atoms. The molecule has 0 spiro atoms. The molecule has 0 bridgehead atoms. The molecule has 2 rings (SSSR count). The summed E-state index contributed by atoms with van der Waals surface area (Å²) in [6.45, 7) is 3.25. The Morgan fingerprint density at radius 2 is 2.35 bits per heavy atom. The van der Waals surface area contributed by atoms with Crippen molar-refractivity contribution in [1.29, 1.82) is 0 Å². The first-order valence-electron chi connectivity index (χ1n) is 6.38. The van der Waals surface area contributed by atoms with E-state index in [1.807, 2.05) is 0 Å². The molecule has 2 N–H and O–H groups in total. The predicted octanol–water partition coefficient (Wildman–Crippen LogP) is 1.05. The molecule has 8 heteroatoms. The van der Waals surface area contributed by atoms with Gasteiger partial charge in [0.1, 0.15) is 17.2 Å². The number of carbonyl (C=O) groups is 1. The number of nitrogens with zero attached hydrogens (tertiary/aromatic N) is 1. The van der Waals surface area contributed by atoms with Gasteiger partial charge in [0.25, 0.3) is 0 Å². The Hall–Kier alpha value is -1.41. The van der Waals surface area contributed by atoms with E-state index in [1.54, 1.807) is 19.9 Å². The quantitative estimate of drug-likeness (QED) is 0.841. The lowest BCUT2D eigenvalue weighted by molar-refractivity contribution is -0.148. The minimum absolute atomic E-state index is 0.309. The van der Waals surface area contributed by atoms with Crippen LogP contribution in [0.4, 0.5) is 0 Å². The summed E-state index contributed by atoms with van der Waals surface area (Å²) in [6, 6.07) is 0.961. The van der Waals surface area contributed by atoms with Crippen LogP contribution < -0.4 is 4.72 Å². The number of hydrogen-bond donors (Lipinski definition) is 2. The van der Waals surface area contributed by atoms with Gasteiger partial charge in [0.2, 0.25) is 10.0 Å². The van der Waals surface area contributed by atoms with Crippen LogP contribution in [0, 0.1) is 12.3 Å². The van der Waals surface area contributed by atoms with E-state index < -0.39 is 27.4 Å². The van der Waals surface area contributed by atoms with Gasteiger partial charge in [-0.25, -0.2) is 13.1 Å². The van der Waals surface area contributed by atoms with Crippen LogP contribution in [0.15, 0.2) is 10.6 Å². The third-order valence-electron chi connectivity index (χ3n) is 3.78. The van der Waals surface area contributed by atoms with E-state index in [0.29, 0.717) is 30.7 Å². The van der Waals surface area contributed by atoms with Crippen LogP contribution in [0.2, 0.25) is 0 Å². The summed E-state index contributed by atoms with van der Waals surface area (Å²) in [4.78, 5) is 11.3. The van der Waals surface area contributed by atoms with E-state index >= 15 is 0 Å². The van der Waals surface area contributed by atoms with Crippen LogP contribution in [0.3, 0.4) is 0 Å². The molecule has 0 aromatic carbocycles. The topological polar surface area (TPSA) is 110 Å². The van der Waals surface area contributed by atoms with Crippen molar-refractivity contribution >= 4 is 16.0 Å². The fraction of sp³-hybridized carbons (Fsp3) is 0.667. The highest BCUT2D eigenvalue weighted by molar-refractivity contribution is 7.88. The molecule has 1 aliphatic rings. The molecule has 1 aromatic rings. The third kappa shape index (κ3) is 3.01. The molecule has 1 aromatic heterocycles. The summed E-state index contributed by atoms with van der Waals surface area (Å²) in [6.07, 6.45) is 1.69. The maximum absolute atomic E-state index is 12.1. The fourth-order valence-electron chi connectivity index (χ4n) is 2.55. The second-order valence-electron chi connectivity index (χ2n) is 5.47. The van der Waals surface area contributed by atoms with Crippen molar-refractivity contribution in [3.05, 3.63) is 17.5 Å². The number of aromatic nitrogens is 1. The molecule has 1 heterocycles. The number of aryl methyl sites for hydroxylation is 1. The maximum atomic E-state index is 12.1. The predicted molar refractivity (Wildman–Crippen MR) is 70.4 cm³/mol. The molecule has 112 valence electrons. The van der Waals surface area contributed by atoms with Crippen molar-refractivity contribution < 1.29 is 22.8 Å². The van der Waals surface area contributed by atoms with Crippen LogP contribution in [0.1, 0.15) is 37.6 Å². The summed E-state index contributed by atoms with van der Waals surface area (Å²) in [5, 5.41) is 12.9. The van der Waals surface area contributed by atoms with E-state index in [1.165, 1.54) is 0 Å². The summed E-state index contributed by atoms with van der Waals surface area (Å²) < 4.78 is 31.5. The van der Waals surface area contributed by atoms with Crippen LogP contribution in [0.25, 0.3) is 0 Å². The first-order valence-corrected chi connectivity index (χ1v) is 8.04. The minimum atomic E-state index is -3.65. The van der Waals surface area contributed by atoms with Gasteiger partial charge in [-0.15, -0.1) is 0 Å². The van der Waals surface area contributed by atoms with Gasteiger partial charge < -0.3 is 9.63 Å². The maximum Gasteiger partial charge on any atom is 0.310 e. The van der Waals surface area contributed by atoms with Gasteiger partial charge in [0.05, 0.1) is 5.41 Å². The molecule has 0 saturated heterocycles. The van der Waals surface area contributed by atoms with Gasteiger partial charge in [0, 0.05) is 12.1 Å².